The van der Waals surface area contributed by atoms with Crippen LogP contribution < -0.4 is 5.32 Å². The highest BCUT2D eigenvalue weighted by molar-refractivity contribution is 5.85. The Hall–Kier alpha value is -1.05. The van der Waals surface area contributed by atoms with Gasteiger partial charge in [0.25, 0.3) is 0 Å². The van der Waals surface area contributed by atoms with E-state index in [1.54, 1.807) is 0 Å². The molecule has 2 aliphatic rings. The van der Waals surface area contributed by atoms with Crippen LogP contribution in [0.2, 0.25) is 0 Å². The van der Waals surface area contributed by atoms with Crippen LogP contribution in [0.3, 0.4) is 0 Å². The van der Waals surface area contributed by atoms with Gasteiger partial charge in [-0.25, -0.2) is 4.79 Å². The Bertz CT molecular complexity index is 693. The maximum Gasteiger partial charge on any atom is 0.407 e. The number of nitrogens with zero attached hydrogens (tertiary/aromatic N) is 2. The second kappa shape index (κ2) is 30.3. The first kappa shape index (κ1) is 42.0. The summed E-state index contributed by atoms with van der Waals surface area (Å²) in [6.45, 7) is 8.68. The number of rotatable bonds is 27. The predicted octanol–water partition coefficient (Wildman–Crippen LogP) is 9.45. The van der Waals surface area contributed by atoms with Gasteiger partial charge in [0.05, 0.1) is 19.8 Å². The lowest BCUT2D eigenvalue weighted by molar-refractivity contribution is -0.135. The van der Waals surface area contributed by atoms with Crippen molar-refractivity contribution in [2.24, 2.45) is 0 Å². The van der Waals surface area contributed by atoms with Crippen molar-refractivity contribution in [1.29, 1.82) is 0 Å². The fourth-order valence-electron chi connectivity index (χ4n) is 6.78. The molecule has 45 heavy (non-hydrogen) atoms. The van der Waals surface area contributed by atoms with Crippen molar-refractivity contribution in [3.63, 3.8) is 0 Å². The molecule has 0 bridgehead atoms. The van der Waals surface area contributed by atoms with E-state index in [0.717, 1.165) is 84.3 Å². The van der Waals surface area contributed by atoms with Crippen LogP contribution in [0, 0.1) is 0 Å². The van der Waals surface area contributed by atoms with Gasteiger partial charge in [-0.3, -0.25) is 9.69 Å². The van der Waals surface area contributed by atoms with Crippen molar-refractivity contribution in [2.75, 3.05) is 52.5 Å². The number of ether oxygens (including phenoxy) is 2. The average molecular weight is 658 g/mol. The summed E-state index contributed by atoms with van der Waals surface area (Å²) in [5.74, 6) is 0.300. The van der Waals surface area contributed by atoms with Crippen molar-refractivity contribution in [3.05, 3.63) is 0 Å². The number of piperidine rings is 1. The van der Waals surface area contributed by atoms with Crippen LogP contribution in [-0.4, -0.2) is 80.4 Å². The monoisotopic (exact) mass is 658 g/mol. The Morgan fingerprint density at radius 1 is 0.711 bits per heavy atom. The Morgan fingerprint density at radius 2 is 1.24 bits per heavy atom. The van der Waals surface area contributed by atoms with Crippen LogP contribution in [0.1, 0.15) is 167 Å². The number of hydrogen-bond acceptors (Lipinski definition) is 5. The highest BCUT2D eigenvalue weighted by Crippen LogP contribution is 2.22. The number of nitrogens with one attached hydrogen (secondary N) is 1. The van der Waals surface area contributed by atoms with E-state index >= 15 is 0 Å². The molecule has 2 fully saturated rings. The van der Waals surface area contributed by atoms with Crippen molar-refractivity contribution in [2.45, 2.75) is 173 Å². The fraction of sp³-hybridized carbons (Fsp3) is 0.946. The molecule has 0 radical (unpaired) electrons. The van der Waals surface area contributed by atoms with Gasteiger partial charge in [0.15, 0.2) is 0 Å². The number of hydrogen-bond donors (Lipinski definition) is 1. The largest absolute Gasteiger partial charge is 0.449 e. The van der Waals surface area contributed by atoms with Gasteiger partial charge in [-0.2, -0.15) is 0 Å². The third kappa shape index (κ3) is 23.0. The highest BCUT2D eigenvalue weighted by atomic mass is 35.5. The molecule has 1 unspecified atom stereocenters. The Balaban J connectivity index is 0.0000101. The molecule has 7 nitrogen and oxygen atoms in total. The maximum absolute atomic E-state index is 13.0. The molecule has 1 N–H and O–H groups in total. The van der Waals surface area contributed by atoms with Crippen LogP contribution in [0.4, 0.5) is 4.79 Å². The summed E-state index contributed by atoms with van der Waals surface area (Å²) in [6, 6.07) is 0.214. The summed E-state index contributed by atoms with van der Waals surface area (Å²) in [7, 11) is 0. The molecular weight excluding hydrogens is 586 g/mol. The van der Waals surface area contributed by atoms with E-state index in [-0.39, 0.29) is 24.5 Å². The van der Waals surface area contributed by atoms with E-state index in [1.807, 2.05) is 0 Å². The second-order valence-electron chi connectivity index (χ2n) is 13.5. The minimum absolute atomic E-state index is 0. The van der Waals surface area contributed by atoms with Crippen LogP contribution in [0.5, 0.6) is 0 Å². The van der Waals surface area contributed by atoms with Gasteiger partial charge in [-0.1, -0.05) is 122 Å². The molecule has 2 heterocycles. The summed E-state index contributed by atoms with van der Waals surface area (Å²) >= 11 is 0. The standard InChI is InChI=1S/C37H71N3O4.ClH/c1-2-3-4-5-6-7-8-9-10-11-12-13-14-15-16-17-18-19-20-25-36(41)40-29-22-21-24-35(40)26-32-44-37(42)38-27-23-28-39-30-33-43-34-31-39;/h35H,2-34H2,1H3,(H,38,42);1H. The van der Waals surface area contributed by atoms with Crippen LogP contribution in [0.15, 0.2) is 0 Å². The third-order valence-electron chi connectivity index (χ3n) is 9.65. The number of amides is 2. The van der Waals surface area contributed by atoms with E-state index < -0.39 is 0 Å². The van der Waals surface area contributed by atoms with Crippen LogP contribution >= 0.6 is 12.4 Å². The number of alkyl carbamates (subject to hydrolysis) is 1. The van der Waals surface area contributed by atoms with Gasteiger partial charge in [-0.15, -0.1) is 12.4 Å². The van der Waals surface area contributed by atoms with E-state index in [0.29, 0.717) is 25.5 Å². The molecule has 0 saturated carbocycles. The number of likely N-dealkylation sites (tertiary alicyclic amines) is 1. The summed E-state index contributed by atoms with van der Waals surface area (Å²) in [5, 5.41) is 2.87. The topological polar surface area (TPSA) is 71.1 Å². The normalized spacial score (nSPS) is 17.2. The molecule has 2 rings (SSSR count). The first-order valence-corrected chi connectivity index (χ1v) is 19.2. The molecule has 2 aliphatic heterocycles. The molecule has 2 saturated heterocycles. The minimum Gasteiger partial charge on any atom is -0.449 e. The number of unbranched alkanes of at least 4 members (excludes halogenated alkanes) is 18. The van der Waals surface area contributed by atoms with Gasteiger partial charge >= 0.3 is 6.09 Å². The molecule has 2 amide bonds. The SMILES string of the molecule is CCCCCCCCCCCCCCCCCCCCCC(=O)N1CCCCC1CCOC(=O)NCCCN1CCOCC1.Cl. The molecule has 1 atom stereocenters. The molecule has 0 spiro atoms. The van der Waals surface area contributed by atoms with Crippen molar-refractivity contribution in [1.82, 2.24) is 15.1 Å². The molecule has 8 heteroatoms. The van der Waals surface area contributed by atoms with E-state index in [2.05, 4.69) is 22.0 Å². The van der Waals surface area contributed by atoms with E-state index in [9.17, 15) is 9.59 Å². The summed E-state index contributed by atoms with van der Waals surface area (Å²) in [5.41, 5.74) is 0. The van der Waals surface area contributed by atoms with Crippen molar-refractivity contribution < 1.29 is 19.1 Å². The molecule has 0 aliphatic carbocycles. The molecule has 266 valence electrons. The van der Waals surface area contributed by atoms with E-state index in [1.165, 1.54) is 109 Å². The lowest BCUT2D eigenvalue weighted by Gasteiger charge is -2.36. The first-order chi connectivity index (χ1) is 21.7. The fourth-order valence-corrected chi connectivity index (χ4v) is 6.78. The molecule has 0 aromatic carbocycles. The first-order valence-electron chi connectivity index (χ1n) is 19.2. The zero-order valence-electron chi connectivity index (χ0n) is 29.3. The van der Waals surface area contributed by atoms with Crippen molar-refractivity contribution >= 4 is 24.4 Å². The summed E-state index contributed by atoms with van der Waals surface area (Å²) in [4.78, 5) is 29.5. The van der Waals surface area contributed by atoms with E-state index in [4.69, 9.17) is 9.47 Å². The highest BCUT2D eigenvalue weighted by Gasteiger charge is 2.26. The summed E-state index contributed by atoms with van der Waals surface area (Å²) in [6.07, 6.45) is 31.2. The number of halogens is 1. The zero-order chi connectivity index (χ0) is 31.3. The minimum atomic E-state index is -0.338. The van der Waals surface area contributed by atoms with Crippen molar-refractivity contribution in [3.8, 4) is 0 Å². The lowest BCUT2D eigenvalue weighted by atomic mass is 9.98. The van der Waals surface area contributed by atoms with Gasteiger partial charge in [0.1, 0.15) is 0 Å². The number of morpholine rings is 1. The second-order valence-corrected chi connectivity index (χ2v) is 13.5. The van der Waals surface area contributed by atoms with Gasteiger partial charge < -0.3 is 19.7 Å². The third-order valence-corrected chi connectivity index (χ3v) is 9.65. The zero-order valence-corrected chi connectivity index (χ0v) is 30.2. The average Bonchev–Trinajstić information content (AvgIpc) is 3.05. The number of carbonyl (C=O) groups excluding carboxylic acids is 2. The van der Waals surface area contributed by atoms with Gasteiger partial charge in [-0.05, 0) is 38.6 Å². The molecule has 0 aromatic heterocycles. The summed E-state index contributed by atoms with van der Waals surface area (Å²) < 4.78 is 10.8. The van der Waals surface area contributed by atoms with Crippen LogP contribution in [0.25, 0.3) is 0 Å². The predicted molar refractivity (Wildman–Crippen MR) is 190 cm³/mol. The molecule has 0 aromatic rings. The Morgan fingerprint density at radius 3 is 1.80 bits per heavy atom. The Labute approximate surface area is 284 Å². The van der Waals surface area contributed by atoms with Gasteiger partial charge in [0.2, 0.25) is 5.91 Å². The smallest absolute Gasteiger partial charge is 0.407 e. The number of carbonyl (C=O) groups is 2. The van der Waals surface area contributed by atoms with Crippen LogP contribution in [-0.2, 0) is 14.3 Å². The van der Waals surface area contributed by atoms with Gasteiger partial charge in [0, 0.05) is 45.1 Å². The maximum atomic E-state index is 13.0. The Kier molecular flexibility index (Phi) is 28.3. The lowest BCUT2D eigenvalue weighted by Crippen LogP contribution is -2.44. The quantitative estimate of drug-likeness (QED) is 0.0891. The molecular formula is C37H72ClN3O4.